The highest BCUT2D eigenvalue weighted by molar-refractivity contribution is 5.93. The Morgan fingerprint density at radius 3 is 2.51 bits per heavy atom. The molecule has 1 aromatic carbocycles. The fourth-order valence-electron chi connectivity index (χ4n) is 6.18. The van der Waals surface area contributed by atoms with Crippen LogP contribution in [-0.4, -0.2) is 71.6 Å². The second-order valence-electron chi connectivity index (χ2n) is 12.5. The van der Waals surface area contributed by atoms with Gasteiger partial charge in [-0.1, -0.05) is 26.0 Å². The van der Waals surface area contributed by atoms with Gasteiger partial charge in [-0.3, -0.25) is 29.2 Å². The molecule has 4 heterocycles. The molecule has 0 radical (unpaired) electrons. The van der Waals surface area contributed by atoms with Crippen LogP contribution in [0.4, 0.5) is 0 Å². The molecular weight excluding hydrogens is 550 g/mol. The topological polar surface area (TPSA) is 139 Å². The van der Waals surface area contributed by atoms with Gasteiger partial charge in [-0.2, -0.15) is 0 Å². The van der Waals surface area contributed by atoms with Crippen molar-refractivity contribution in [1.82, 2.24) is 26.1 Å². The highest BCUT2D eigenvalue weighted by Crippen LogP contribution is 2.36. The number of pyridine rings is 1. The molecule has 4 atom stereocenters. The Morgan fingerprint density at radius 1 is 1.00 bits per heavy atom. The molecule has 5 rings (SSSR count). The molecule has 11 nitrogen and oxygen atoms in total. The van der Waals surface area contributed by atoms with Gasteiger partial charge < -0.3 is 20.1 Å². The number of nitrogens with one attached hydrogen (secondary N) is 3. The van der Waals surface area contributed by atoms with Gasteiger partial charge in [-0.05, 0) is 81.4 Å². The van der Waals surface area contributed by atoms with Crippen molar-refractivity contribution in [3.05, 3.63) is 41.7 Å². The molecule has 3 aliphatic rings. The fourth-order valence-corrected chi connectivity index (χ4v) is 6.18. The van der Waals surface area contributed by atoms with E-state index in [1.807, 2.05) is 51.2 Å². The average Bonchev–Trinajstić information content (AvgIpc) is 3.01. The molecule has 0 aliphatic carbocycles. The lowest BCUT2D eigenvalue weighted by Crippen LogP contribution is -2.61. The summed E-state index contributed by atoms with van der Waals surface area (Å²) in [6.07, 6.45) is 4.67. The number of aryl methyl sites for hydroxylation is 1. The number of nitrogens with zero attached hydrogens (tertiary/aromatic N) is 2. The van der Waals surface area contributed by atoms with Crippen molar-refractivity contribution in [3.8, 4) is 0 Å². The maximum Gasteiger partial charge on any atom is 0.325 e. The first kappa shape index (κ1) is 30.9. The van der Waals surface area contributed by atoms with Crippen molar-refractivity contribution in [1.29, 1.82) is 0 Å². The molecule has 11 heteroatoms. The van der Waals surface area contributed by atoms with E-state index in [1.54, 1.807) is 6.92 Å². The van der Waals surface area contributed by atoms with Crippen LogP contribution in [0.2, 0.25) is 0 Å². The number of hydrogen-bond acceptors (Lipinski definition) is 8. The lowest BCUT2D eigenvalue weighted by molar-refractivity contribution is -0.157. The Labute approximate surface area is 252 Å². The lowest BCUT2D eigenvalue weighted by atomic mass is 9.74. The first-order valence-electron chi connectivity index (χ1n) is 15.4. The minimum absolute atomic E-state index is 0.178. The summed E-state index contributed by atoms with van der Waals surface area (Å²) in [7, 11) is 0. The molecule has 2 unspecified atom stereocenters. The van der Waals surface area contributed by atoms with Gasteiger partial charge in [-0.25, -0.2) is 5.43 Å². The standard InChI is InChI=1S/C32H43N5O6/c1-19(2)27-28(38)34-20(3)29(39)37-13-5-6-26(36-37)30(40)43-21(4)22-7-8-23-18-33-25(17-24(23)16-22)9-10-32(31(41)35-27)11-14-42-15-12-32/h7-8,16-21,26-27,36H,5-6,9-15H2,1-4H3,(H,34,38)(H,35,41)/t20?,21-,26+,27?/m1/s1. The summed E-state index contributed by atoms with van der Waals surface area (Å²) in [5.41, 5.74) is 4.01. The van der Waals surface area contributed by atoms with Gasteiger partial charge in [0, 0.05) is 37.0 Å². The van der Waals surface area contributed by atoms with Crippen molar-refractivity contribution in [2.45, 2.75) is 90.4 Å². The van der Waals surface area contributed by atoms with E-state index in [0.29, 0.717) is 58.3 Å². The maximum absolute atomic E-state index is 13.9. The number of hydrazine groups is 1. The number of ether oxygens (including phenoxy) is 2. The molecule has 0 saturated carbocycles. The monoisotopic (exact) mass is 593 g/mol. The highest BCUT2D eigenvalue weighted by atomic mass is 16.5. The number of cyclic esters (lactones) is 1. The molecule has 5 bridgehead atoms. The largest absolute Gasteiger partial charge is 0.457 e. The van der Waals surface area contributed by atoms with Crippen molar-refractivity contribution < 1.29 is 28.7 Å². The normalized spacial score (nSPS) is 27.6. The molecule has 2 saturated heterocycles. The molecule has 1 aromatic heterocycles. The van der Waals surface area contributed by atoms with Crippen molar-refractivity contribution in [2.75, 3.05) is 19.8 Å². The SMILES string of the molecule is CC1NC(=O)C(C(C)C)NC(=O)C2(CCOCC2)CCc2cc3cc(ccc3cn2)[C@@H](C)OC(=O)[C@@H]2CCCN(N2)C1=O. The third-order valence-corrected chi connectivity index (χ3v) is 9.06. The second kappa shape index (κ2) is 13.0. The highest BCUT2D eigenvalue weighted by Gasteiger charge is 2.42. The summed E-state index contributed by atoms with van der Waals surface area (Å²) in [6.45, 7) is 8.50. The van der Waals surface area contributed by atoms with Crippen LogP contribution < -0.4 is 16.1 Å². The summed E-state index contributed by atoms with van der Waals surface area (Å²) in [5.74, 6) is -1.62. The first-order valence-corrected chi connectivity index (χ1v) is 15.4. The zero-order valence-corrected chi connectivity index (χ0v) is 25.5. The maximum atomic E-state index is 13.9. The third-order valence-electron chi connectivity index (χ3n) is 9.06. The molecule has 2 aromatic rings. The second-order valence-corrected chi connectivity index (χ2v) is 12.5. The Kier molecular flexibility index (Phi) is 9.31. The van der Waals surface area contributed by atoms with Crippen LogP contribution in [0, 0.1) is 11.3 Å². The quantitative estimate of drug-likeness (QED) is 0.429. The van der Waals surface area contributed by atoms with Crippen LogP contribution in [0.15, 0.2) is 30.5 Å². The van der Waals surface area contributed by atoms with Crippen LogP contribution in [0.1, 0.15) is 77.2 Å². The zero-order chi connectivity index (χ0) is 30.7. The predicted molar refractivity (Wildman–Crippen MR) is 159 cm³/mol. The Balaban J connectivity index is 1.49. The van der Waals surface area contributed by atoms with Gasteiger partial charge in [0.05, 0.1) is 5.41 Å². The van der Waals surface area contributed by atoms with Crippen LogP contribution in [0.25, 0.3) is 10.8 Å². The number of rotatable bonds is 1. The molecule has 3 amide bonds. The van der Waals surface area contributed by atoms with Crippen LogP contribution in [0.3, 0.4) is 0 Å². The number of carbonyl (C=O) groups excluding carboxylic acids is 4. The van der Waals surface area contributed by atoms with E-state index in [4.69, 9.17) is 9.47 Å². The van der Waals surface area contributed by atoms with Gasteiger partial charge >= 0.3 is 5.97 Å². The van der Waals surface area contributed by atoms with E-state index in [9.17, 15) is 19.2 Å². The number of fused-ring (bicyclic) bond motifs is 4. The van der Waals surface area contributed by atoms with Gasteiger partial charge in [0.15, 0.2) is 0 Å². The minimum Gasteiger partial charge on any atom is -0.457 e. The van der Waals surface area contributed by atoms with E-state index in [2.05, 4.69) is 21.0 Å². The minimum atomic E-state index is -0.873. The van der Waals surface area contributed by atoms with E-state index in [1.165, 1.54) is 5.01 Å². The molecule has 3 aliphatic heterocycles. The van der Waals surface area contributed by atoms with Crippen molar-refractivity contribution in [3.63, 3.8) is 0 Å². The van der Waals surface area contributed by atoms with Gasteiger partial charge in [-0.15, -0.1) is 0 Å². The van der Waals surface area contributed by atoms with E-state index in [-0.39, 0.29) is 17.7 Å². The first-order chi connectivity index (χ1) is 20.6. The van der Waals surface area contributed by atoms with Gasteiger partial charge in [0.25, 0.3) is 5.91 Å². The Bertz CT molecular complexity index is 1370. The van der Waals surface area contributed by atoms with E-state index in [0.717, 1.165) is 22.0 Å². The number of carbonyl (C=O) groups is 4. The summed E-state index contributed by atoms with van der Waals surface area (Å²) < 4.78 is 11.5. The predicted octanol–water partition coefficient (Wildman–Crippen LogP) is 2.72. The average molecular weight is 594 g/mol. The van der Waals surface area contributed by atoms with Crippen LogP contribution in [-0.2, 0) is 35.1 Å². The van der Waals surface area contributed by atoms with Gasteiger partial charge in [0.2, 0.25) is 11.8 Å². The Morgan fingerprint density at radius 2 is 1.77 bits per heavy atom. The number of benzene rings is 1. The fraction of sp³-hybridized carbons (Fsp3) is 0.594. The van der Waals surface area contributed by atoms with Crippen LogP contribution in [0.5, 0.6) is 0 Å². The smallest absolute Gasteiger partial charge is 0.325 e. The van der Waals surface area contributed by atoms with Crippen molar-refractivity contribution in [2.24, 2.45) is 11.3 Å². The third kappa shape index (κ3) is 6.83. The molecular formula is C32H43N5O6. The lowest BCUT2D eigenvalue weighted by Gasteiger charge is -2.38. The van der Waals surface area contributed by atoms with E-state index < -0.39 is 41.5 Å². The van der Waals surface area contributed by atoms with Gasteiger partial charge in [0.1, 0.15) is 24.2 Å². The molecule has 232 valence electrons. The number of amides is 3. The van der Waals surface area contributed by atoms with Crippen LogP contribution >= 0.6 is 0 Å². The summed E-state index contributed by atoms with van der Waals surface area (Å²) >= 11 is 0. The summed E-state index contributed by atoms with van der Waals surface area (Å²) in [4.78, 5) is 58.5. The zero-order valence-electron chi connectivity index (χ0n) is 25.5. The summed E-state index contributed by atoms with van der Waals surface area (Å²) in [6, 6.07) is 5.54. The molecule has 1 spiro atoms. The number of hydrogen-bond donors (Lipinski definition) is 3. The molecule has 2 fully saturated rings. The van der Waals surface area contributed by atoms with Crippen molar-refractivity contribution >= 4 is 34.5 Å². The Hall–Kier alpha value is -3.57. The molecule has 3 N–H and O–H groups in total. The summed E-state index contributed by atoms with van der Waals surface area (Å²) in [5, 5.41) is 9.15. The van der Waals surface area contributed by atoms with E-state index >= 15 is 0 Å². The number of esters is 1. The number of aromatic nitrogens is 1. The molecule has 43 heavy (non-hydrogen) atoms.